The number of hydrogen-bond acceptors (Lipinski definition) is 3. The molecule has 0 bridgehead atoms. The second kappa shape index (κ2) is 4.18. The molecular weight excluding hydrogens is 220 g/mol. The first kappa shape index (κ1) is 10.8. The number of carbonyl (C=O) groups is 2. The molecule has 2 N–H and O–H groups in total. The first-order valence-electron chi connectivity index (χ1n) is 6.32. The number of fused-ring (bicyclic) bond motifs is 1. The van der Waals surface area contributed by atoms with Crippen molar-refractivity contribution in [3.8, 4) is 0 Å². The van der Waals surface area contributed by atoms with Crippen LogP contribution in [-0.4, -0.2) is 66.5 Å². The van der Waals surface area contributed by atoms with Crippen molar-refractivity contribution in [2.75, 3.05) is 32.7 Å². The summed E-state index contributed by atoms with van der Waals surface area (Å²) in [6.07, 6.45) is 2.03. The number of rotatable bonds is 1. The quantitative estimate of drug-likeness (QED) is 0.614. The molecule has 3 rings (SSSR count). The van der Waals surface area contributed by atoms with E-state index in [9.17, 15) is 9.59 Å². The Labute approximate surface area is 100 Å². The summed E-state index contributed by atoms with van der Waals surface area (Å²) in [6, 6.07) is 0.189. The minimum atomic E-state index is 0.00612. The maximum Gasteiger partial charge on any atom is 0.317 e. The lowest BCUT2D eigenvalue weighted by Gasteiger charge is -2.37. The van der Waals surface area contributed by atoms with Crippen LogP contribution in [0.2, 0.25) is 0 Å². The number of piperazine rings is 1. The maximum atomic E-state index is 12.2. The van der Waals surface area contributed by atoms with E-state index in [0.29, 0.717) is 26.2 Å². The smallest absolute Gasteiger partial charge is 0.317 e. The topological polar surface area (TPSA) is 64.7 Å². The highest BCUT2D eigenvalue weighted by Crippen LogP contribution is 2.16. The molecule has 0 aliphatic carbocycles. The van der Waals surface area contributed by atoms with Gasteiger partial charge in [-0.1, -0.05) is 0 Å². The summed E-state index contributed by atoms with van der Waals surface area (Å²) in [5, 5.41) is 6.06. The van der Waals surface area contributed by atoms with Crippen molar-refractivity contribution in [1.29, 1.82) is 0 Å². The van der Waals surface area contributed by atoms with Crippen molar-refractivity contribution in [3.63, 3.8) is 0 Å². The minimum Gasteiger partial charge on any atom is -0.337 e. The van der Waals surface area contributed by atoms with Crippen molar-refractivity contribution in [1.82, 2.24) is 20.4 Å². The third kappa shape index (κ3) is 1.86. The highest BCUT2D eigenvalue weighted by atomic mass is 16.2. The zero-order chi connectivity index (χ0) is 11.8. The highest BCUT2D eigenvalue weighted by molar-refractivity contribution is 5.83. The van der Waals surface area contributed by atoms with Gasteiger partial charge in [0.2, 0.25) is 5.91 Å². The Balaban J connectivity index is 1.62. The summed E-state index contributed by atoms with van der Waals surface area (Å²) in [5.74, 6) is 0.210. The van der Waals surface area contributed by atoms with Crippen LogP contribution in [0.3, 0.4) is 0 Å². The van der Waals surface area contributed by atoms with Gasteiger partial charge >= 0.3 is 6.03 Å². The van der Waals surface area contributed by atoms with Gasteiger partial charge < -0.3 is 20.4 Å². The number of carbonyl (C=O) groups excluding carboxylic acids is 2. The zero-order valence-electron chi connectivity index (χ0n) is 9.82. The van der Waals surface area contributed by atoms with Crippen molar-refractivity contribution in [2.24, 2.45) is 0 Å². The molecule has 3 aliphatic rings. The normalized spacial score (nSPS) is 32.6. The number of nitrogens with one attached hydrogen (secondary N) is 2. The van der Waals surface area contributed by atoms with Gasteiger partial charge in [0.15, 0.2) is 0 Å². The fourth-order valence-corrected chi connectivity index (χ4v) is 2.92. The van der Waals surface area contributed by atoms with Crippen LogP contribution in [-0.2, 0) is 4.79 Å². The van der Waals surface area contributed by atoms with Crippen LogP contribution in [0.25, 0.3) is 0 Å². The second-order valence-electron chi connectivity index (χ2n) is 4.97. The lowest BCUT2D eigenvalue weighted by molar-refractivity contribution is -0.135. The summed E-state index contributed by atoms with van der Waals surface area (Å²) in [7, 11) is 0. The highest BCUT2D eigenvalue weighted by Gasteiger charge is 2.38. The minimum absolute atomic E-state index is 0.00612. The van der Waals surface area contributed by atoms with Crippen LogP contribution >= 0.6 is 0 Å². The van der Waals surface area contributed by atoms with Crippen molar-refractivity contribution in [3.05, 3.63) is 0 Å². The molecule has 0 aromatic heterocycles. The summed E-state index contributed by atoms with van der Waals surface area (Å²) >= 11 is 0. The maximum absolute atomic E-state index is 12.2. The monoisotopic (exact) mass is 238 g/mol. The number of nitrogens with zero attached hydrogens (tertiary/aromatic N) is 2. The first-order valence-corrected chi connectivity index (χ1v) is 6.32. The van der Waals surface area contributed by atoms with E-state index in [2.05, 4.69) is 10.6 Å². The van der Waals surface area contributed by atoms with E-state index >= 15 is 0 Å². The Morgan fingerprint density at radius 3 is 3.00 bits per heavy atom. The fourth-order valence-electron chi connectivity index (χ4n) is 2.92. The second-order valence-corrected chi connectivity index (χ2v) is 4.97. The van der Waals surface area contributed by atoms with E-state index in [1.54, 1.807) is 0 Å². The van der Waals surface area contributed by atoms with Gasteiger partial charge in [-0.3, -0.25) is 4.79 Å². The van der Waals surface area contributed by atoms with Gasteiger partial charge in [-0.15, -0.1) is 0 Å². The predicted molar refractivity (Wildman–Crippen MR) is 61.5 cm³/mol. The van der Waals surface area contributed by atoms with Gasteiger partial charge in [0.05, 0.1) is 12.1 Å². The first-order chi connectivity index (χ1) is 8.25. The van der Waals surface area contributed by atoms with Crippen molar-refractivity contribution >= 4 is 11.9 Å². The van der Waals surface area contributed by atoms with Gasteiger partial charge in [-0.25, -0.2) is 4.79 Å². The summed E-state index contributed by atoms with van der Waals surface area (Å²) in [5.41, 5.74) is 0. The molecular formula is C11H18N4O2. The molecule has 0 radical (unpaired) electrons. The SMILES string of the molecule is O=C([C@H]1CCCN1)N1CCN2C(=O)NCC2C1. The third-order valence-electron chi connectivity index (χ3n) is 3.90. The molecule has 6 nitrogen and oxygen atoms in total. The number of urea groups is 1. The zero-order valence-corrected chi connectivity index (χ0v) is 9.82. The molecule has 3 amide bonds. The predicted octanol–water partition coefficient (Wildman–Crippen LogP) is -1.03. The van der Waals surface area contributed by atoms with E-state index in [1.807, 2.05) is 9.80 Å². The van der Waals surface area contributed by atoms with E-state index in [-0.39, 0.29) is 24.0 Å². The molecule has 3 aliphatic heterocycles. The Morgan fingerprint density at radius 1 is 1.35 bits per heavy atom. The molecule has 3 fully saturated rings. The molecule has 0 aromatic carbocycles. The van der Waals surface area contributed by atoms with Crippen LogP contribution < -0.4 is 10.6 Å². The van der Waals surface area contributed by atoms with Crippen LogP contribution in [0.15, 0.2) is 0 Å². The van der Waals surface area contributed by atoms with Gasteiger partial charge in [0.25, 0.3) is 0 Å². The summed E-state index contributed by atoms with van der Waals surface area (Å²) in [4.78, 5) is 27.4. The molecule has 3 saturated heterocycles. The molecule has 6 heteroatoms. The fraction of sp³-hybridized carbons (Fsp3) is 0.818. The molecule has 0 saturated carbocycles. The average Bonchev–Trinajstić information content (AvgIpc) is 2.98. The average molecular weight is 238 g/mol. The van der Waals surface area contributed by atoms with Crippen LogP contribution in [0.4, 0.5) is 4.79 Å². The summed E-state index contributed by atoms with van der Waals surface area (Å²) < 4.78 is 0. The molecule has 0 spiro atoms. The molecule has 1 unspecified atom stereocenters. The van der Waals surface area contributed by atoms with E-state index in [4.69, 9.17) is 0 Å². The van der Waals surface area contributed by atoms with Crippen LogP contribution in [0.5, 0.6) is 0 Å². The molecule has 3 heterocycles. The Kier molecular flexibility index (Phi) is 2.66. The molecule has 17 heavy (non-hydrogen) atoms. The largest absolute Gasteiger partial charge is 0.337 e. The number of amides is 3. The lowest BCUT2D eigenvalue weighted by Crippen LogP contribution is -2.56. The van der Waals surface area contributed by atoms with Gasteiger partial charge in [0.1, 0.15) is 0 Å². The van der Waals surface area contributed by atoms with Crippen molar-refractivity contribution < 1.29 is 9.59 Å². The lowest BCUT2D eigenvalue weighted by atomic mass is 10.1. The van der Waals surface area contributed by atoms with Crippen molar-refractivity contribution in [2.45, 2.75) is 24.9 Å². The van der Waals surface area contributed by atoms with Gasteiger partial charge in [-0.05, 0) is 19.4 Å². The standard InChI is InChI=1S/C11H18N4O2/c16-10(9-2-1-3-12-9)14-4-5-15-8(7-14)6-13-11(15)17/h8-9,12H,1-7H2,(H,13,17)/t8?,9-/m1/s1. The van der Waals surface area contributed by atoms with E-state index in [1.165, 1.54) is 0 Å². The van der Waals surface area contributed by atoms with E-state index in [0.717, 1.165) is 19.4 Å². The Bertz CT molecular complexity index is 340. The van der Waals surface area contributed by atoms with E-state index < -0.39 is 0 Å². The molecule has 94 valence electrons. The van der Waals surface area contributed by atoms with Gasteiger partial charge in [0, 0.05) is 26.2 Å². The summed E-state index contributed by atoms with van der Waals surface area (Å²) in [6.45, 7) is 3.62. The third-order valence-corrected chi connectivity index (χ3v) is 3.90. The number of hydrogen-bond donors (Lipinski definition) is 2. The van der Waals surface area contributed by atoms with Crippen LogP contribution in [0.1, 0.15) is 12.8 Å². The van der Waals surface area contributed by atoms with Gasteiger partial charge in [-0.2, -0.15) is 0 Å². The molecule has 0 aromatic rings. The Hall–Kier alpha value is -1.30. The Morgan fingerprint density at radius 2 is 2.24 bits per heavy atom. The van der Waals surface area contributed by atoms with Crippen LogP contribution in [0, 0.1) is 0 Å². The molecule has 2 atom stereocenters.